The summed E-state index contributed by atoms with van der Waals surface area (Å²) in [5.41, 5.74) is 3.33. The molecule has 0 aromatic heterocycles. The van der Waals surface area contributed by atoms with E-state index in [2.05, 4.69) is 6.07 Å². The molecular formula is C17H16Cl2O. The van der Waals surface area contributed by atoms with Gasteiger partial charge >= 0.3 is 0 Å². The molecule has 0 aliphatic heterocycles. The topological polar surface area (TPSA) is 20.2 Å². The van der Waals surface area contributed by atoms with Crippen molar-refractivity contribution in [3.05, 3.63) is 69.2 Å². The first-order chi connectivity index (χ1) is 9.65. The fourth-order valence-corrected chi connectivity index (χ4v) is 3.39. The first-order valence-corrected chi connectivity index (χ1v) is 7.60. The van der Waals surface area contributed by atoms with Gasteiger partial charge in [0, 0.05) is 10.0 Å². The van der Waals surface area contributed by atoms with E-state index in [0.717, 1.165) is 35.4 Å². The van der Waals surface area contributed by atoms with Crippen LogP contribution < -0.4 is 0 Å². The zero-order chi connectivity index (χ0) is 14.1. The van der Waals surface area contributed by atoms with Gasteiger partial charge in [-0.1, -0.05) is 47.5 Å². The van der Waals surface area contributed by atoms with Crippen molar-refractivity contribution < 1.29 is 5.11 Å². The van der Waals surface area contributed by atoms with Gasteiger partial charge in [-0.15, -0.1) is 0 Å². The van der Waals surface area contributed by atoms with Crippen LogP contribution in [0.4, 0.5) is 0 Å². The zero-order valence-electron chi connectivity index (χ0n) is 11.0. The Hall–Kier alpha value is -1.02. The first-order valence-electron chi connectivity index (χ1n) is 6.85. The zero-order valence-corrected chi connectivity index (χ0v) is 12.5. The van der Waals surface area contributed by atoms with Gasteiger partial charge in [0.05, 0.1) is 6.10 Å². The van der Waals surface area contributed by atoms with Gasteiger partial charge in [-0.3, -0.25) is 0 Å². The van der Waals surface area contributed by atoms with Crippen LogP contribution in [0.25, 0.3) is 0 Å². The Morgan fingerprint density at radius 2 is 1.90 bits per heavy atom. The van der Waals surface area contributed by atoms with Crippen LogP contribution in [0.3, 0.4) is 0 Å². The van der Waals surface area contributed by atoms with Crippen molar-refractivity contribution in [1.29, 1.82) is 0 Å². The van der Waals surface area contributed by atoms with Crippen molar-refractivity contribution in [2.75, 3.05) is 0 Å². The fraction of sp³-hybridized carbons (Fsp3) is 0.294. The molecule has 0 amide bonds. The SMILES string of the molecule is OC1c2ccccc2CCC1Cc1cc(Cl)ccc1Cl. The third-order valence-electron chi connectivity index (χ3n) is 4.09. The minimum absolute atomic E-state index is 0.195. The minimum atomic E-state index is -0.421. The molecule has 0 heterocycles. The molecule has 1 nitrogen and oxygen atoms in total. The van der Waals surface area contributed by atoms with E-state index in [0.29, 0.717) is 5.02 Å². The van der Waals surface area contributed by atoms with E-state index in [-0.39, 0.29) is 5.92 Å². The lowest BCUT2D eigenvalue weighted by Crippen LogP contribution is -2.22. The lowest BCUT2D eigenvalue weighted by Gasteiger charge is -2.30. The van der Waals surface area contributed by atoms with Crippen LogP contribution in [0, 0.1) is 5.92 Å². The Balaban J connectivity index is 1.84. The summed E-state index contributed by atoms with van der Waals surface area (Å²) in [7, 11) is 0. The van der Waals surface area contributed by atoms with Gasteiger partial charge in [-0.25, -0.2) is 0 Å². The van der Waals surface area contributed by atoms with Crippen molar-refractivity contribution in [2.24, 2.45) is 5.92 Å². The molecule has 2 unspecified atom stereocenters. The summed E-state index contributed by atoms with van der Waals surface area (Å²) in [6.07, 6.45) is 2.32. The Morgan fingerprint density at radius 3 is 2.75 bits per heavy atom. The molecular weight excluding hydrogens is 291 g/mol. The van der Waals surface area contributed by atoms with E-state index in [1.54, 1.807) is 6.07 Å². The van der Waals surface area contributed by atoms with E-state index in [9.17, 15) is 5.11 Å². The minimum Gasteiger partial charge on any atom is -0.388 e. The van der Waals surface area contributed by atoms with Crippen LogP contribution in [0.5, 0.6) is 0 Å². The number of aliphatic hydroxyl groups is 1. The number of hydrogen-bond acceptors (Lipinski definition) is 1. The summed E-state index contributed by atoms with van der Waals surface area (Å²) in [6, 6.07) is 13.6. The van der Waals surface area contributed by atoms with Crippen molar-refractivity contribution >= 4 is 23.2 Å². The van der Waals surface area contributed by atoms with Crippen molar-refractivity contribution in [3.63, 3.8) is 0 Å². The van der Waals surface area contributed by atoms with Crippen LogP contribution in [-0.2, 0) is 12.8 Å². The van der Waals surface area contributed by atoms with Crippen LogP contribution >= 0.6 is 23.2 Å². The van der Waals surface area contributed by atoms with Gasteiger partial charge in [0.25, 0.3) is 0 Å². The standard InChI is InChI=1S/C17H16Cl2O/c18-14-7-8-16(19)13(10-14)9-12-6-5-11-3-1-2-4-15(11)17(12)20/h1-4,7-8,10,12,17,20H,5-6,9H2. The molecule has 0 radical (unpaired) electrons. The van der Waals surface area contributed by atoms with Crippen molar-refractivity contribution in [3.8, 4) is 0 Å². The van der Waals surface area contributed by atoms with Crippen LogP contribution in [0.2, 0.25) is 10.0 Å². The van der Waals surface area contributed by atoms with Crippen LogP contribution in [0.1, 0.15) is 29.2 Å². The Labute approximate surface area is 129 Å². The number of aliphatic hydroxyl groups excluding tert-OH is 1. The molecule has 104 valence electrons. The monoisotopic (exact) mass is 306 g/mol. The molecule has 3 heteroatoms. The van der Waals surface area contributed by atoms with Crippen molar-refractivity contribution in [2.45, 2.75) is 25.4 Å². The van der Waals surface area contributed by atoms with Gasteiger partial charge in [-0.2, -0.15) is 0 Å². The predicted molar refractivity (Wildman–Crippen MR) is 83.4 cm³/mol. The van der Waals surface area contributed by atoms with Crippen molar-refractivity contribution in [1.82, 2.24) is 0 Å². The molecule has 0 bridgehead atoms. The number of rotatable bonds is 2. The first kappa shape index (κ1) is 13.9. The lowest BCUT2D eigenvalue weighted by molar-refractivity contribution is 0.0937. The predicted octanol–water partition coefficient (Wildman–Crippen LogP) is 4.83. The molecule has 3 rings (SSSR count). The normalized spacial score (nSPS) is 21.6. The molecule has 0 saturated heterocycles. The molecule has 0 saturated carbocycles. The van der Waals surface area contributed by atoms with E-state index in [4.69, 9.17) is 23.2 Å². The highest BCUT2D eigenvalue weighted by molar-refractivity contribution is 6.33. The highest BCUT2D eigenvalue weighted by Gasteiger charge is 2.28. The summed E-state index contributed by atoms with van der Waals surface area (Å²) in [6.45, 7) is 0. The smallest absolute Gasteiger partial charge is 0.0824 e. The van der Waals surface area contributed by atoms with E-state index >= 15 is 0 Å². The van der Waals surface area contributed by atoms with Gasteiger partial charge in [0.2, 0.25) is 0 Å². The summed E-state index contributed by atoms with van der Waals surface area (Å²) in [5, 5.41) is 12.0. The maximum absolute atomic E-state index is 10.6. The molecule has 0 spiro atoms. The molecule has 1 aliphatic rings. The summed E-state index contributed by atoms with van der Waals surface area (Å²) in [5.74, 6) is 0.195. The van der Waals surface area contributed by atoms with Crippen LogP contribution in [-0.4, -0.2) is 5.11 Å². The van der Waals surface area contributed by atoms with Gasteiger partial charge in [0.1, 0.15) is 0 Å². The molecule has 2 aromatic carbocycles. The second-order valence-electron chi connectivity index (χ2n) is 5.38. The second-order valence-corrected chi connectivity index (χ2v) is 6.23. The molecule has 20 heavy (non-hydrogen) atoms. The van der Waals surface area contributed by atoms with Crippen LogP contribution in [0.15, 0.2) is 42.5 Å². The average molecular weight is 307 g/mol. The molecule has 1 aliphatic carbocycles. The quantitative estimate of drug-likeness (QED) is 0.842. The van der Waals surface area contributed by atoms with Gasteiger partial charge in [-0.05, 0) is 60.1 Å². The van der Waals surface area contributed by atoms with Gasteiger partial charge in [0.15, 0.2) is 0 Å². The van der Waals surface area contributed by atoms with Gasteiger partial charge < -0.3 is 5.11 Å². The molecule has 2 aromatic rings. The number of halogens is 2. The molecule has 0 fully saturated rings. The second kappa shape index (κ2) is 5.77. The Bertz CT molecular complexity index is 624. The third-order valence-corrected chi connectivity index (χ3v) is 4.70. The van der Waals surface area contributed by atoms with E-state index in [1.807, 2.05) is 30.3 Å². The lowest BCUT2D eigenvalue weighted by atomic mass is 9.78. The molecule has 1 N–H and O–H groups in total. The number of benzene rings is 2. The third kappa shape index (κ3) is 2.71. The number of hydrogen-bond donors (Lipinski definition) is 1. The summed E-state index contributed by atoms with van der Waals surface area (Å²) in [4.78, 5) is 0. The summed E-state index contributed by atoms with van der Waals surface area (Å²) < 4.78 is 0. The van der Waals surface area contributed by atoms with E-state index in [1.165, 1.54) is 5.56 Å². The highest BCUT2D eigenvalue weighted by atomic mass is 35.5. The fourth-order valence-electron chi connectivity index (χ4n) is 3.00. The Morgan fingerprint density at radius 1 is 1.10 bits per heavy atom. The maximum Gasteiger partial charge on any atom is 0.0824 e. The largest absolute Gasteiger partial charge is 0.388 e. The number of aryl methyl sites for hydroxylation is 1. The summed E-state index contributed by atoms with van der Waals surface area (Å²) >= 11 is 12.3. The van der Waals surface area contributed by atoms with E-state index < -0.39 is 6.10 Å². The highest BCUT2D eigenvalue weighted by Crippen LogP contribution is 2.37. The molecule has 2 atom stereocenters. The number of fused-ring (bicyclic) bond motifs is 1. The average Bonchev–Trinajstić information content (AvgIpc) is 2.46. The Kier molecular flexibility index (Phi) is 4.02. The maximum atomic E-state index is 10.6.